The van der Waals surface area contributed by atoms with Crippen LogP contribution in [0.5, 0.6) is 0 Å². The molecule has 0 saturated heterocycles. The van der Waals surface area contributed by atoms with Gasteiger partial charge in [-0.25, -0.2) is 4.79 Å². The fourth-order valence-electron chi connectivity index (χ4n) is 2.24. The third kappa shape index (κ3) is 4.43. The van der Waals surface area contributed by atoms with E-state index in [1.54, 1.807) is 47.5 Å². The van der Waals surface area contributed by atoms with E-state index in [1.807, 2.05) is 11.4 Å². The third-order valence-corrected chi connectivity index (χ3v) is 4.49. The molecule has 2 aromatic rings. The van der Waals surface area contributed by atoms with Crippen LogP contribution in [0, 0.1) is 0 Å². The van der Waals surface area contributed by atoms with Crippen molar-refractivity contribution in [2.75, 3.05) is 13.6 Å². The van der Waals surface area contributed by atoms with Gasteiger partial charge in [0.25, 0.3) is 0 Å². The average molecular weight is 317 g/mol. The number of hydrogen-bond acceptors (Lipinski definition) is 3. The lowest BCUT2D eigenvalue weighted by molar-refractivity contribution is -0.129. The summed E-state index contributed by atoms with van der Waals surface area (Å²) in [6.45, 7) is 0.680. The lowest BCUT2D eigenvalue weighted by Gasteiger charge is -2.17. The molecule has 116 valence electrons. The Hall–Kier alpha value is -2.14. The molecule has 0 fully saturated rings. The largest absolute Gasteiger partial charge is 0.478 e. The molecule has 1 heterocycles. The zero-order valence-electron chi connectivity index (χ0n) is 12.5. The molecule has 0 spiro atoms. The predicted octanol–water partition coefficient (Wildman–Crippen LogP) is 3.08. The number of carboxylic acid groups (broad SMARTS) is 1. The first-order valence-electron chi connectivity index (χ1n) is 7.15. The van der Waals surface area contributed by atoms with Gasteiger partial charge in [-0.3, -0.25) is 4.79 Å². The number of thiophene rings is 1. The molecular weight excluding hydrogens is 298 g/mol. The Balaban J connectivity index is 1.85. The van der Waals surface area contributed by atoms with Gasteiger partial charge in [-0.1, -0.05) is 24.3 Å². The minimum absolute atomic E-state index is 0.0387. The first-order valence-corrected chi connectivity index (χ1v) is 8.03. The first kappa shape index (κ1) is 16.2. The number of benzene rings is 1. The topological polar surface area (TPSA) is 57.6 Å². The molecule has 22 heavy (non-hydrogen) atoms. The zero-order valence-corrected chi connectivity index (χ0v) is 13.3. The summed E-state index contributed by atoms with van der Waals surface area (Å²) in [4.78, 5) is 26.3. The van der Waals surface area contributed by atoms with E-state index in [4.69, 9.17) is 5.11 Å². The number of likely N-dealkylation sites (N-methyl/N-ethyl adjacent to an activating group) is 1. The molecular formula is C17H19NO3S. The number of amides is 1. The minimum atomic E-state index is -0.950. The Bertz CT molecular complexity index is 637. The molecule has 0 aliphatic heterocycles. The second-order valence-corrected chi connectivity index (χ2v) is 6.14. The molecule has 0 bridgehead atoms. The molecule has 1 N–H and O–H groups in total. The van der Waals surface area contributed by atoms with Crippen molar-refractivity contribution in [3.05, 3.63) is 57.8 Å². The number of aromatic carboxylic acids is 1. The van der Waals surface area contributed by atoms with Crippen molar-refractivity contribution >= 4 is 23.2 Å². The molecule has 0 unspecified atom stereocenters. The monoisotopic (exact) mass is 317 g/mol. The predicted molar refractivity (Wildman–Crippen MR) is 87.4 cm³/mol. The molecule has 5 heteroatoms. The number of rotatable bonds is 7. The highest BCUT2D eigenvalue weighted by molar-refractivity contribution is 7.09. The molecule has 0 atom stereocenters. The highest BCUT2D eigenvalue weighted by atomic mass is 32.1. The Morgan fingerprint density at radius 2 is 1.91 bits per heavy atom. The van der Waals surface area contributed by atoms with Crippen molar-refractivity contribution in [1.82, 2.24) is 4.90 Å². The second kappa shape index (κ2) is 7.75. The number of carbonyl (C=O) groups excluding carboxylic acids is 1. The molecule has 0 aliphatic carbocycles. The maximum atomic E-state index is 12.1. The van der Waals surface area contributed by atoms with Gasteiger partial charge < -0.3 is 10.0 Å². The molecule has 1 amide bonds. The van der Waals surface area contributed by atoms with Crippen LogP contribution in [0.25, 0.3) is 0 Å². The Kier molecular flexibility index (Phi) is 5.72. The molecule has 0 radical (unpaired) electrons. The second-order valence-electron chi connectivity index (χ2n) is 5.11. The molecule has 0 aliphatic rings. The van der Waals surface area contributed by atoms with E-state index < -0.39 is 5.97 Å². The van der Waals surface area contributed by atoms with E-state index in [-0.39, 0.29) is 11.5 Å². The van der Waals surface area contributed by atoms with Gasteiger partial charge in [0.15, 0.2) is 0 Å². The van der Waals surface area contributed by atoms with Crippen LogP contribution in [-0.4, -0.2) is 35.5 Å². The lowest BCUT2D eigenvalue weighted by atomic mass is 10.0. The van der Waals surface area contributed by atoms with Crippen LogP contribution in [-0.2, 0) is 17.6 Å². The number of hydrogen-bond donors (Lipinski definition) is 1. The maximum Gasteiger partial charge on any atom is 0.335 e. The summed E-state index contributed by atoms with van der Waals surface area (Å²) >= 11 is 1.69. The quantitative estimate of drug-likeness (QED) is 0.854. The van der Waals surface area contributed by atoms with Crippen LogP contribution >= 0.6 is 11.3 Å². The normalized spacial score (nSPS) is 10.4. The van der Waals surface area contributed by atoms with Gasteiger partial charge in [-0.2, -0.15) is 0 Å². The molecule has 1 aromatic heterocycles. The fourth-order valence-corrected chi connectivity index (χ4v) is 2.94. The number of aryl methyl sites for hydroxylation is 1. The zero-order chi connectivity index (χ0) is 15.9. The van der Waals surface area contributed by atoms with Gasteiger partial charge in [0.1, 0.15) is 0 Å². The van der Waals surface area contributed by atoms with Gasteiger partial charge in [0.05, 0.1) is 5.56 Å². The number of carboxylic acids is 1. The van der Waals surface area contributed by atoms with Crippen molar-refractivity contribution in [3.8, 4) is 0 Å². The smallest absolute Gasteiger partial charge is 0.335 e. The van der Waals surface area contributed by atoms with Crippen LogP contribution in [0.3, 0.4) is 0 Å². The van der Waals surface area contributed by atoms with Crippen molar-refractivity contribution in [3.63, 3.8) is 0 Å². The third-order valence-electron chi connectivity index (χ3n) is 3.56. The number of carbonyl (C=O) groups is 2. The van der Waals surface area contributed by atoms with Crippen molar-refractivity contribution in [1.29, 1.82) is 0 Å². The van der Waals surface area contributed by atoms with E-state index >= 15 is 0 Å². The first-order chi connectivity index (χ1) is 10.6. The summed E-state index contributed by atoms with van der Waals surface area (Å²) in [6.07, 6.45) is 1.63. The van der Waals surface area contributed by atoms with Crippen LogP contribution in [0.4, 0.5) is 0 Å². The van der Waals surface area contributed by atoms with Gasteiger partial charge >= 0.3 is 5.97 Å². The Morgan fingerprint density at radius 3 is 2.59 bits per heavy atom. The van der Waals surface area contributed by atoms with E-state index in [2.05, 4.69) is 6.07 Å². The Labute approximate surface area is 134 Å². The SMILES string of the molecule is CN(CCc1cccs1)C(=O)CCc1ccccc1C(=O)O. The van der Waals surface area contributed by atoms with Crippen LogP contribution in [0.15, 0.2) is 41.8 Å². The maximum absolute atomic E-state index is 12.1. The van der Waals surface area contributed by atoms with Gasteiger partial charge in [0, 0.05) is 24.9 Å². The van der Waals surface area contributed by atoms with E-state index in [1.165, 1.54) is 4.88 Å². The molecule has 0 saturated carbocycles. The summed E-state index contributed by atoms with van der Waals surface area (Å²) in [7, 11) is 1.79. The number of nitrogens with zero attached hydrogens (tertiary/aromatic N) is 1. The molecule has 1 aromatic carbocycles. The highest BCUT2D eigenvalue weighted by Gasteiger charge is 2.13. The molecule has 4 nitrogen and oxygen atoms in total. The standard InChI is InChI=1S/C17H19NO3S/c1-18(11-10-14-6-4-12-22-14)16(19)9-8-13-5-2-3-7-15(13)17(20)21/h2-7,12H,8-11H2,1H3,(H,20,21). The summed E-state index contributed by atoms with van der Waals surface area (Å²) < 4.78 is 0. The summed E-state index contributed by atoms with van der Waals surface area (Å²) in [5.74, 6) is -0.911. The fraction of sp³-hybridized carbons (Fsp3) is 0.294. The van der Waals surface area contributed by atoms with Crippen LogP contribution < -0.4 is 0 Å². The molecule has 2 rings (SSSR count). The van der Waals surface area contributed by atoms with E-state index in [0.717, 1.165) is 6.42 Å². The minimum Gasteiger partial charge on any atom is -0.478 e. The summed E-state index contributed by atoms with van der Waals surface area (Å²) in [5.41, 5.74) is 0.978. The Morgan fingerprint density at radius 1 is 1.14 bits per heavy atom. The summed E-state index contributed by atoms with van der Waals surface area (Å²) in [6, 6.07) is 10.9. The van der Waals surface area contributed by atoms with Crippen LogP contribution in [0.2, 0.25) is 0 Å². The van der Waals surface area contributed by atoms with Gasteiger partial charge in [-0.05, 0) is 35.9 Å². The average Bonchev–Trinajstić information content (AvgIpc) is 3.03. The van der Waals surface area contributed by atoms with Crippen molar-refractivity contribution in [2.24, 2.45) is 0 Å². The lowest BCUT2D eigenvalue weighted by Crippen LogP contribution is -2.29. The van der Waals surface area contributed by atoms with Crippen molar-refractivity contribution in [2.45, 2.75) is 19.3 Å². The highest BCUT2D eigenvalue weighted by Crippen LogP contribution is 2.13. The van der Waals surface area contributed by atoms with E-state index in [9.17, 15) is 9.59 Å². The summed E-state index contributed by atoms with van der Waals surface area (Å²) in [5, 5.41) is 11.2. The van der Waals surface area contributed by atoms with Gasteiger partial charge in [0.2, 0.25) is 5.91 Å². The van der Waals surface area contributed by atoms with Crippen LogP contribution in [0.1, 0.15) is 27.2 Å². The van der Waals surface area contributed by atoms with Crippen molar-refractivity contribution < 1.29 is 14.7 Å². The van der Waals surface area contributed by atoms with Gasteiger partial charge in [-0.15, -0.1) is 11.3 Å². The van der Waals surface area contributed by atoms with E-state index in [0.29, 0.717) is 24.9 Å².